The number of fused-ring (bicyclic) bond motifs is 2. The zero-order valence-corrected chi connectivity index (χ0v) is 15.1. The zero-order chi connectivity index (χ0) is 18.4. The summed E-state index contributed by atoms with van der Waals surface area (Å²) in [5.74, 6) is 1.42. The third-order valence-corrected chi connectivity index (χ3v) is 5.24. The monoisotopic (exact) mass is 367 g/mol. The fraction of sp³-hybridized carbons (Fsp3) is 0.421. The summed E-state index contributed by atoms with van der Waals surface area (Å²) in [6.07, 6.45) is 4.40. The summed E-state index contributed by atoms with van der Waals surface area (Å²) >= 11 is 0. The normalized spacial score (nSPS) is 19.1. The lowest BCUT2D eigenvalue weighted by Gasteiger charge is -2.22. The summed E-state index contributed by atoms with van der Waals surface area (Å²) in [5.41, 5.74) is 4.26. The molecule has 0 spiro atoms. The Hall–Kier alpha value is -2.87. The molecule has 1 saturated heterocycles. The Bertz CT molecular complexity index is 1070. The van der Waals surface area contributed by atoms with E-state index in [4.69, 9.17) is 9.47 Å². The van der Waals surface area contributed by atoms with Crippen LogP contribution in [-0.2, 0) is 11.2 Å². The quantitative estimate of drug-likeness (QED) is 0.739. The number of hydrogen-bond acceptors (Lipinski definition) is 6. The maximum absolute atomic E-state index is 12.4. The molecule has 0 aliphatic carbocycles. The van der Waals surface area contributed by atoms with E-state index in [1.165, 1.54) is 5.56 Å². The van der Waals surface area contributed by atoms with Gasteiger partial charge in [-0.15, -0.1) is 0 Å². The first-order chi connectivity index (χ1) is 13.2. The van der Waals surface area contributed by atoms with Gasteiger partial charge in [0.2, 0.25) is 5.95 Å². The van der Waals surface area contributed by atoms with Crippen molar-refractivity contribution < 1.29 is 9.47 Å². The van der Waals surface area contributed by atoms with Gasteiger partial charge in [0.05, 0.1) is 25.5 Å². The molecule has 0 amide bonds. The molecular weight excluding hydrogens is 346 g/mol. The third kappa shape index (κ3) is 2.86. The number of ether oxygens (including phenoxy) is 2. The van der Waals surface area contributed by atoms with Crippen LogP contribution in [0.25, 0.3) is 11.2 Å². The predicted octanol–water partition coefficient (Wildman–Crippen LogP) is 2.46. The van der Waals surface area contributed by atoms with Crippen molar-refractivity contribution in [3.63, 3.8) is 0 Å². The number of benzene rings is 1. The van der Waals surface area contributed by atoms with E-state index in [2.05, 4.69) is 26.3 Å². The molecule has 1 unspecified atom stereocenters. The number of rotatable bonds is 3. The minimum absolute atomic E-state index is 0.00151. The molecule has 1 atom stereocenters. The molecule has 8 nitrogen and oxygen atoms in total. The Morgan fingerprint density at radius 1 is 1.33 bits per heavy atom. The average molecular weight is 367 g/mol. The van der Waals surface area contributed by atoms with Gasteiger partial charge in [0.15, 0.2) is 5.65 Å². The lowest BCUT2D eigenvalue weighted by atomic mass is 10.1. The van der Waals surface area contributed by atoms with Crippen molar-refractivity contribution in [2.75, 3.05) is 25.1 Å². The van der Waals surface area contributed by atoms with Crippen LogP contribution in [0, 0.1) is 6.92 Å². The second-order valence-corrected chi connectivity index (χ2v) is 7.10. The van der Waals surface area contributed by atoms with Gasteiger partial charge in [-0.2, -0.15) is 4.98 Å². The van der Waals surface area contributed by atoms with E-state index >= 15 is 0 Å². The average Bonchev–Trinajstić information content (AvgIpc) is 3.25. The smallest absolute Gasteiger partial charge is 0.328 e. The number of nitrogens with one attached hydrogen (secondary N) is 2. The molecule has 0 saturated carbocycles. The van der Waals surface area contributed by atoms with Crippen molar-refractivity contribution in [1.82, 2.24) is 19.5 Å². The van der Waals surface area contributed by atoms with Crippen LogP contribution in [-0.4, -0.2) is 39.3 Å². The Morgan fingerprint density at radius 2 is 2.26 bits per heavy atom. The Balaban J connectivity index is 1.52. The van der Waals surface area contributed by atoms with Gasteiger partial charge < -0.3 is 19.8 Å². The van der Waals surface area contributed by atoms with Crippen LogP contribution >= 0.6 is 0 Å². The molecule has 3 aromatic rings. The Labute approximate surface area is 155 Å². The number of aryl methyl sites for hydroxylation is 1. The summed E-state index contributed by atoms with van der Waals surface area (Å²) in [4.78, 5) is 24.3. The van der Waals surface area contributed by atoms with Gasteiger partial charge in [-0.05, 0) is 43.0 Å². The van der Waals surface area contributed by atoms with E-state index in [0.29, 0.717) is 23.7 Å². The van der Waals surface area contributed by atoms with Crippen LogP contribution in [0.2, 0.25) is 0 Å². The maximum Gasteiger partial charge on any atom is 0.328 e. The maximum atomic E-state index is 12.4. The second kappa shape index (κ2) is 6.38. The molecule has 2 N–H and O–H groups in total. The first-order valence-electron chi connectivity index (χ1n) is 9.27. The third-order valence-electron chi connectivity index (χ3n) is 5.24. The van der Waals surface area contributed by atoms with Crippen LogP contribution in [0.15, 0.2) is 23.1 Å². The van der Waals surface area contributed by atoms with Crippen molar-refractivity contribution in [3.05, 3.63) is 39.9 Å². The van der Waals surface area contributed by atoms with Crippen LogP contribution < -0.4 is 15.7 Å². The van der Waals surface area contributed by atoms with Crippen molar-refractivity contribution in [1.29, 1.82) is 0 Å². The standard InChI is InChI=1S/C19H21N5O3/c1-11-7-16-12(4-6-27-16)8-14(11)21-18-20-9-15-17(23-18)24(19(25)22-15)13-3-2-5-26-10-13/h7-9,13H,2-6,10H2,1H3,(H,22,25)(H,20,21,23). The fourth-order valence-corrected chi connectivity index (χ4v) is 3.82. The topological polar surface area (TPSA) is 94.1 Å². The lowest BCUT2D eigenvalue weighted by molar-refractivity contribution is 0.0593. The van der Waals surface area contributed by atoms with Crippen molar-refractivity contribution in [2.24, 2.45) is 0 Å². The van der Waals surface area contributed by atoms with Crippen LogP contribution in [0.1, 0.15) is 30.0 Å². The molecular formula is C19H21N5O3. The van der Waals surface area contributed by atoms with Gasteiger partial charge in [0.25, 0.3) is 0 Å². The molecule has 2 aliphatic rings. The van der Waals surface area contributed by atoms with Crippen molar-refractivity contribution >= 4 is 22.8 Å². The largest absolute Gasteiger partial charge is 0.493 e. The number of hydrogen-bond donors (Lipinski definition) is 2. The highest BCUT2D eigenvalue weighted by Gasteiger charge is 2.22. The summed E-state index contributed by atoms with van der Waals surface area (Å²) in [7, 11) is 0. The molecule has 0 radical (unpaired) electrons. The van der Waals surface area contributed by atoms with E-state index in [-0.39, 0.29) is 11.7 Å². The summed E-state index contributed by atoms with van der Waals surface area (Å²) in [5, 5.41) is 3.30. The second-order valence-electron chi connectivity index (χ2n) is 7.10. The summed E-state index contributed by atoms with van der Waals surface area (Å²) in [6.45, 7) is 4.02. The van der Waals surface area contributed by atoms with Gasteiger partial charge in [0, 0.05) is 18.7 Å². The van der Waals surface area contributed by atoms with Gasteiger partial charge >= 0.3 is 5.69 Å². The first kappa shape index (κ1) is 16.3. The summed E-state index contributed by atoms with van der Waals surface area (Å²) in [6, 6.07) is 4.13. The Kier molecular flexibility index (Phi) is 3.86. The molecule has 0 bridgehead atoms. The van der Waals surface area contributed by atoms with E-state index in [0.717, 1.165) is 49.5 Å². The fourth-order valence-electron chi connectivity index (χ4n) is 3.82. The minimum atomic E-state index is -0.169. The molecule has 5 rings (SSSR count). The van der Waals surface area contributed by atoms with E-state index in [1.54, 1.807) is 10.8 Å². The number of aromatic nitrogens is 4. The summed E-state index contributed by atoms with van der Waals surface area (Å²) < 4.78 is 12.9. The van der Waals surface area contributed by atoms with Crippen molar-refractivity contribution in [2.45, 2.75) is 32.2 Å². The molecule has 27 heavy (non-hydrogen) atoms. The van der Waals surface area contributed by atoms with E-state index < -0.39 is 0 Å². The first-order valence-corrected chi connectivity index (χ1v) is 9.27. The zero-order valence-electron chi connectivity index (χ0n) is 15.1. The van der Waals surface area contributed by atoms with Crippen LogP contribution in [0.4, 0.5) is 11.6 Å². The molecule has 1 fully saturated rings. The van der Waals surface area contributed by atoms with Gasteiger partial charge in [0.1, 0.15) is 11.3 Å². The highest BCUT2D eigenvalue weighted by Crippen LogP contribution is 2.32. The van der Waals surface area contributed by atoms with Crippen LogP contribution in [0.5, 0.6) is 5.75 Å². The number of aromatic amines is 1. The Morgan fingerprint density at radius 3 is 3.11 bits per heavy atom. The van der Waals surface area contributed by atoms with Crippen molar-refractivity contribution in [3.8, 4) is 5.75 Å². The van der Waals surface area contributed by atoms with E-state index in [1.807, 2.05) is 13.0 Å². The number of anilines is 2. The molecule has 140 valence electrons. The minimum Gasteiger partial charge on any atom is -0.493 e. The highest BCUT2D eigenvalue weighted by molar-refractivity contribution is 5.72. The van der Waals surface area contributed by atoms with Gasteiger partial charge in [-0.25, -0.2) is 9.78 Å². The number of imidazole rings is 1. The lowest BCUT2D eigenvalue weighted by Crippen LogP contribution is -2.29. The molecule has 4 heterocycles. The number of H-pyrrole nitrogens is 1. The van der Waals surface area contributed by atoms with E-state index in [9.17, 15) is 4.79 Å². The number of nitrogens with zero attached hydrogens (tertiary/aromatic N) is 3. The molecule has 8 heteroatoms. The predicted molar refractivity (Wildman–Crippen MR) is 101 cm³/mol. The molecule has 2 aromatic heterocycles. The molecule has 1 aromatic carbocycles. The van der Waals surface area contributed by atoms with Crippen LogP contribution in [0.3, 0.4) is 0 Å². The molecule has 2 aliphatic heterocycles. The van der Waals surface area contributed by atoms with Gasteiger partial charge in [-0.1, -0.05) is 0 Å². The highest BCUT2D eigenvalue weighted by atomic mass is 16.5. The SMILES string of the molecule is Cc1cc2c(cc1Nc1ncc3[nH]c(=O)n(C4CCCOC4)c3n1)CCO2. The van der Waals surface area contributed by atoms with Gasteiger partial charge in [-0.3, -0.25) is 4.57 Å².